The summed E-state index contributed by atoms with van der Waals surface area (Å²) in [4.78, 5) is 0. The maximum absolute atomic E-state index is 9.64. The molecule has 0 amide bonds. The Morgan fingerprint density at radius 1 is 1.30 bits per heavy atom. The Morgan fingerprint density at radius 2 is 2.10 bits per heavy atom. The third-order valence-electron chi connectivity index (χ3n) is 3.58. The Kier molecular flexibility index (Phi) is 6.16. The Hall–Kier alpha value is -0.280. The molecule has 0 aromatic rings. The van der Waals surface area contributed by atoms with Crippen molar-refractivity contribution in [3.05, 3.63) is 0 Å². The predicted molar refractivity (Wildman–Crippen MR) is 68.1 cm³/mol. The van der Waals surface area contributed by atoms with Crippen LogP contribution in [0.4, 0.5) is 0 Å². The second-order valence-electron chi connectivity index (χ2n) is 5.13. The van der Waals surface area contributed by atoms with Crippen LogP contribution in [0.3, 0.4) is 0 Å². The van der Waals surface area contributed by atoms with Crippen molar-refractivity contribution >= 4 is 0 Å². The molecule has 2 aliphatic rings. The molecule has 20 heavy (non-hydrogen) atoms. The topological polar surface area (TPSA) is 101 Å². The fourth-order valence-corrected chi connectivity index (χ4v) is 2.42. The zero-order valence-corrected chi connectivity index (χ0v) is 11.7. The minimum Gasteiger partial charge on any atom is -0.394 e. The second-order valence-corrected chi connectivity index (χ2v) is 5.13. The first-order valence-electron chi connectivity index (χ1n) is 7.13. The third-order valence-corrected chi connectivity index (χ3v) is 3.58. The Bertz CT molecular complexity index is 288. The molecule has 2 aliphatic heterocycles. The Labute approximate surface area is 118 Å². The average molecular weight is 292 g/mol. The van der Waals surface area contributed by atoms with Crippen molar-refractivity contribution in [3.8, 4) is 0 Å². The van der Waals surface area contributed by atoms with Crippen LogP contribution in [0.15, 0.2) is 0 Å². The fourth-order valence-electron chi connectivity index (χ4n) is 2.42. The van der Waals surface area contributed by atoms with Gasteiger partial charge in [-0.15, -0.1) is 0 Å². The van der Waals surface area contributed by atoms with E-state index in [2.05, 4.69) is 0 Å². The molecule has 2 rings (SSSR count). The highest BCUT2D eigenvalue weighted by atomic mass is 16.7. The van der Waals surface area contributed by atoms with Crippen molar-refractivity contribution in [2.75, 3.05) is 26.4 Å². The zero-order valence-electron chi connectivity index (χ0n) is 11.7. The molecule has 118 valence electrons. The molecule has 0 aromatic heterocycles. The molecular weight excluding hydrogens is 268 g/mol. The zero-order chi connectivity index (χ0) is 14.5. The summed E-state index contributed by atoms with van der Waals surface area (Å²) in [6.45, 7) is 2.09. The summed E-state index contributed by atoms with van der Waals surface area (Å²) in [5, 5.41) is 27.8. The number of epoxide rings is 1. The molecule has 7 heteroatoms. The van der Waals surface area contributed by atoms with Gasteiger partial charge in [0.2, 0.25) is 0 Å². The van der Waals surface area contributed by atoms with Crippen LogP contribution in [0.25, 0.3) is 0 Å². The lowest BCUT2D eigenvalue weighted by atomic mass is 10.0. The second kappa shape index (κ2) is 7.65. The molecule has 0 aromatic carbocycles. The normalized spacial score (nSPS) is 38.7. The summed E-state index contributed by atoms with van der Waals surface area (Å²) in [5.74, 6) is 0. The maximum atomic E-state index is 9.64. The maximum Gasteiger partial charge on any atom is 0.186 e. The SMILES string of the molecule is CCC1OC1[C@H](OCCO)O[C@H]1CC(O)COC1CO. The molecule has 6 atom stereocenters. The van der Waals surface area contributed by atoms with E-state index in [-0.39, 0.29) is 38.6 Å². The minimum absolute atomic E-state index is 0.0979. The molecular formula is C13H24O7. The average Bonchev–Trinajstić information content (AvgIpc) is 3.23. The van der Waals surface area contributed by atoms with Crippen molar-refractivity contribution in [1.29, 1.82) is 0 Å². The van der Waals surface area contributed by atoms with Gasteiger partial charge in [-0.25, -0.2) is 0 Å². The quantitative estimate of drug-likeness (QED) is 0.391. The standard InChI is InChI=1S/C13H24O7/c1-2-9-12(19-9)13(17-4-3-14)20-10-5-8(16)7-18-11(10)6-15/h8-16H,2-7H2,1H3/t8?,9?,10-,11?,12?,13+/m0/s1. The van der Waals surface area contributed by atoms with Crippen LogP contribution >= 0.6 is 0 Å². The van der Waals surface area contributed by atoms with Crippen LogP contribution in [0.1, 0.15) is 19.8 Å². The van der Waals surface area contributed by atoms with E-state index in [4.69, 9.17) is 24.1 Å². The highest BCUT2D eigenvalue weighted by molar-refractivity contribution is 4.89. The van der Waals surface area contributed by atoms with Gasteiger partial charge < -0.3 is 34.3 Å². The van der Waals surface area contributed by atoms with Crippen molar-refractivity contribution in [2.45, 2.75) is 56.6 Å². The van der Waals surface area contributed by atoms with E-state index in [1.165, 1.54) is 0 Å². The molecule has 0 spiro atoms. The van der Waals surface area contributed by atoms with Gasteiger partial charge in [-0.2, -0.15) is 0 Å². The first-order chi connectivity index (χ1) is 9.69. The molecule has 2 heterocycles. The molecule has 2 fully saturated rings. The van der Waals surface area contributed by atoms with Crippen LogP contribution in [0, 0.1) is 0 Å². The fraction of sp³-hybridized carbons (Fsp3) is 1.00. The number of aliphatic hydroxyl groups excluding tert-OH is 3. The van der Waals surface area contributed by atoms with Gasteiger partial charge in [0.25, 0.3) is 0 Å². The van der Waals surface area contributed by atoms with Gasteiger partial charge in [0.1, 0.15) is 12.2 Å². The Balaban J connectivity index is 1.91. The van der Waals surface area contributed by atoms with Gasteiger partial charge in [-0.3, -0.25) is 0 Å². The van der Waals surface area contributed by atoms with Crippen molar-refractivity contribution in [1.82, 2.24) is 0 Å². The number of aliphatic hydroxyl groups is 3. The van der Waals surface area contributed by atoms with Gasteiger partial charge in [-0.1, -0.05) is 6.92 Å². The van der Waals surface area contributed by atoms with Gasteiger partial charge in [0.05, 0.1) is 44.7 Å². The predicted octanol–water partition coefficient (Wildman–Crippen LogP) is -0.974. The molecule has 0 aliphatic carbocycles. The molecule has 7 nitrogen and oxygen atoms in total. The molecule has 0 saturated carbocycles. The number of ether oxygens (including phenoxy) is 4. The lowest BCUT2D eigenvalue weighted by molar-refractivity contribution is -0.236. The monoisotopic (exact) mass is 292 g/mol. The molecule has 4 unspecified atom stereocenters. The van der Waals surface area contributed by atoms with Gasteiger partial charge >= 0.3 is 0 Å². The molecule has 0 radical (unpaired) electrons. The first kappa shape index (κ1) is 16.1. The van der Waals surface area contributed by atoms with E-state index in [9.17, 15) is 10.2 Å². The highest BCUT2D eigenvalue weighted by Crippen LogP contribution is 2.32. The third kappa shape index (κ3) is 4.11. The largest absolute Gasteiger partial charge is 0.394 e. The van der Waals surface area contributed by atoms with Crippen molar-refractivity contribution in [2.24, 2.45) is 0 Å². The summed E-state index contributed by atoms with van der Waals surface area (Å²) < 4.78 is 22.1. The summed E-state index contributed by atoms with van der Waals surface area (Å²) >= 11 is 0. The van der Waals surface area contributed by atoms with Crippen LogP contribution in [-0.4, -0.2) is 78.6 Å². The first-order valence-corrected chi connectivity index (χ1v) is 7.13. The number of rotatable bonds is 8. The van der Waals surface area contributed by atoms with Crippen LogP contribution in [0.5, 0.6) is 0 Å². The number of hydrogen-bond donors (Lipinski definition) is 3. The van der Waals surface area contributed by atoms with E-state index < -0.39 is 24.6 Å². The van der Waals surface area contributed by atoms with E-state index in [1.54, 1.807) is 0 Å². The van der Waals surface area contributed by atoms with E-state index in [0.717, 1.165) is 6.42 Å². The minimum atomic E-state index is -0.611. The summed E-state index contributed by atoms with van der Waals surface area (Å²) in [6, 6.07) is 0. The van der Waals surface area contributed by atoms with E-state index in [1.807, 2.05) is 6.92 Å². The number of hydrogen-bond acceptors (Lipinski definition) is 7. The van der Waals surface area contributed by atoms with Crippen LogP contribution in [-0.2, 0) is 18.9 Å². The lowest BCUT2D eigenvalue weighted by Crippen LogP contribution is -2.47. The van der Waals surface area contributed by atoms with E-state index >= 15 is 0 Å². The smallest absolute Gasteiger partial charge is 0.186 e. The van der Waals surface area contributed by atoms with Crippen molar-refractivity contribution < 1.29 is 34.3 Å². The van der Waals surface area contributed by atoms with E-state index in [0.29, 0.717) is 6.42 Å². The van der Waals surface area contributed by atoms with Crippen molar-refractivity contribution in [3.63, 3.8) is 0 Å². The van der Waals surface area contributed by atoms with Crippen LogP contribution < -0.4 is 0 Å². The highest BCUT2D eigenvalue weighted by Gasteiger charge is 2.47. The molecule has 0 bridgehead atoms. The van der Waals surface area contributed by atoms with Crippen LogP contribution in [0.2, 0.25) is 0 Å². The molecule has 3 N–H and O–H groups in total. The molecule has 2 saturated heterocycles. The van der Waals surface area contributed by atoms with Gasteiger partial charge in [0.15, 0.2) is 6.29 Å². The van der Waals surface area contributed by atoms with Gasteiger partial charge in [0, 0.05) is 6.42 Å². The lowest BCUT2D eigenvalue weighted by Gasteiger charge is -2.35. The summed E-state index contributed by atoms with van der Waals surface area (Å²) in [5.41, 5.74) is 0. The van der Waals surface area contributed by atoms with Gasteiger partial charge in [-0.05, 0) is 6.42 Å². The summed E-state index contributed by atoms with van der Waals surface area (Å²) in [7, 11) is 0. The Morgan fingerprint density at radius 3 is 2.70 bits per heavy atom. The summed E-state index contributed by atoms with van der Waals surface area (Å²) in [6.07, 6.45) is -0.964.